The maximum Gasteiger partial charge on any atom is 0.273 e. The van der Waals surface area contributed by atoms with Crippen LogP contribution in [0, 0.1) is 13.8 Å². The van der Waals surface area contributed by atoms with Crippen molar-refractivity contribution in [2.45, 2.75) is 27.2 Å². The number of amides is 2. The van der Waals surface area contributed by atoms with Gasteiger partial charge in [-0.2, -0.15) is 0 Å². The lowest BCUT2D eigenvalue weighted by atomic mass is 10.1. The van der Waals surface area contributed by atoms with Crippen LogP contribution in [-0.4, -0.2) is 52.8 Å². The summed E-state index contributed by atoms with van der Waals surface area (Å²) in [5.74, 6) is 0.0257. The van der Waals surface area contributed by atoms with Gasteiger partial charge in [-0.25, -0.2) is 4.98 Å². The molecule has 132 valence electrons. The van der Waals surface area contributed by atoms with Gasteiger partial charge in [-0.05, 0) is 25.8 Å². The SMILES string of the molecule is CC(=O)N1CCCN(C(=O)c2csc(-c3ccc(C)cc3C)n2)CC1. The molecule has 1 aliphatic heterocycles. The molecule has 2 amide bonds. The lowest BCUT2D eigenvalue weighted by Gasteiger charge is -2.20. The predicted octanol–water partition coefficient (Wildman–Crippen LogP) is 3.12. The molecule has 0 spiro atoms. The molecule has 0 radical (unpaired) electrons. The number of thiazole rings is 1. The molecule has 1 aromatic heterocycles. The minimum atomic E-state index is -0.0438. The van der Waals surface area contributed by atoms with Crippen molar-refractivity contribution in [2.75, 3.05) is 26.2 Å². The van der Waals surface area contributed by atoms with E-state index in [1.165, 1.54) is 22.5 Å². The number of carbonyl (C=O) groups is 2. The molecule has 1 saturated heterocycles. The minimum Gasteiger partial charge on any atom is -0.341 e. The normalized spacial score (nSPS) is 15.2. The smallest absolute Gasteiger partial charge is 0.273 e. The molecule has 3 rings (SSSR count). The van der Waals surface area contributed by atoms with Gasteiger partial charge in [-0.1, -0.05) is 23.8 Å². The molecule has 2 aromatic rings. The Labute approximate surface area is 152 Å². The summed E-state index contributed by atoms with van der Waals surface area (Å²) in [6.45, 7) is 8.24. The second-order valence-corrected chi connectivity index (χ2v) is 7.37. The van der Waals surface area contributed by atoms with Gasteiger partial charge in [0.05, 0.1) is 0 Å². The van der Waals surface area contributed by atoms with Crippen LogP contribution in [0.5, 0.6) is 0 Å². The van der Waals surface area contributed by atoms with E-state index in [4.69, 9.17) is 0 Å². The van der Waals surface area contributed by atoms with Crippen LogP contribution in [-0.2, 0) is 4.79 Å². The number of hydrogen-bond acceptors (Lipinski definition) is 4. The summed E-state index contributed by atoms with van der Waals surface area (Å²) < 4.78 is 0. The van der Waals surface area contributed by atoms with Gasteiger partial charge < -0.3 is 9.80 Å². The number of benzene rings is 1. The topological polar surface area (TPSA) is 53.5 Å². The van der Waals surface area contributed by atoms with Gasteiger partial charge in [0.2, 0.25) is 5.91 Å². The molecule has 25 heavy (non-hydrogen) atoms. The third-order valence-corrected chi connectivity index (χ3v) is 5.44. The summed E-state index contributed by atoms with van der Waals surface area (Å²) in [6.07, 6.45) is 0.805. The molecule has 5 nitrogen and oxygen atoms in total. The van der Waals surface area contributed by atoms with Gasteiger partial charge >= 0.3 is 0 Å². The van der Waals surface area contributed by atoms with E-state index < -0.39 is 0 Å². The second-order valence-electron chi connectivity index (χ2n) is 6.51. The average molecular weight is 357 g/mol. The van der Waals surface area contributed by atoms with Crippen LogP contribution in [0.2, 0.25) is 0 Å². The fourth-order valence-electron chi connectivity index (χ4n) is 3.15. The summed E-state index contributed by atoms with van der Waals surface area (Å²) >= 11 is 1.50. The first kappa shape index (κ1) is 17.6. The molecule has 0 saturated carbocycles. The molecule has 0 bridgehead atoms. The molecule has 1 aromatic carbocycles. The van der Waals surface area contributed by atoms with Crippen molar-refractivity contribution in [3.8, 4) is 10.6 Å². The standard InChI is InChI=1S/C19H23N3O2S/c1-13-5-6-16(14(2)11-13)18-20-17(12-25-18)19(24)22-8-4-7-21(9-10-22)15(3)23/h5-6,11-12H,4,7-10H2,1-3H3. The lowest BCUT2D eigenvalue weighted by molar-refractivity contribution is -0.128. The fourth-order valence-corrected chi connectivity index (χ4v) is 4.03. The van der Waals surface area contributed by atoms with E-state index in [0.29, 0.717) is 31.9 Å². The zero-order chi connectivity index (χ0) is 18.0. The average Bonchev–Trinajstić information content (AvgIpc) is 2.90. The molecule has 1 aliphatic rings. The summed E-state index contributed by atoms with van der Waals surface area (Å²) in [5, 5.41) is 2.71. The summed E-state index contributed by atoms with van der Waals surface area (Å²) in [7, 11) is 0. The van der Waals surface area contributed by atoms with E-state index in [1.807, 2.05) is 10.3 Å². The molecule has 6 heteroatoms. The third-order valence-electron chi connectivity index (χ3n) is 4.56. The summed E-state index contributed by atoms with van der Waals surface area (Å²) in [5.41, 5.74) is 3.96. The monoisotopic (exact) mass is 357 g/mol. The van der Waals surface area contributed by atoms with E-state index in [0.717, 1.165) is 17.0 Å². The summed E-state index contributed by atoms with van der Waals surface area (Å²) in [6, 6.07) is 6.26. The van der Waals surface area contributed by atoms with Gasteiger partial charge in [-0.3, -0.25) is 9.59 Å². The van der Waals surface area contributed by atoms with E-state index in [9.17, 15) is 9.59 Å². The van der Waals surface area contributed by atoms with Crippen LogP contribution in [0.25, 0.3) is 10.6 Å². The zero-order valence-corrected chi connectivity index (χ0v) is 15.7. The third kappa shape index (κ3) is 3.90. The first-order valence-corrected chi connectivity index (χ1v) is 9.41. The molecular weight excluding hydrogens is 334 g/mol. The lowest BCUT2D eigenvalue weighted by Crippen LogP contribution is -2.36. The van der Waals surface area contributed by atoms with Crippen molar-refractivity contribution in [1.29, 1.82) is 0 Å². The van der Waals surface area contributed by atoms with E-state index in [1.54, 1.807) is 11.8 Å². The number of carbonyl (C=O) groups excluding carboxylic acids is 2. The Morgan fingerprint density at radius 3 is 2.52 bits per heavy atom. The maximum absolute atomic E-state index is 12.8. The highest BCUT2D eigenvalue weighted by Crippen LogP contribution is 2.28. The maximum atomic E-state index is 12.8. The molecule has 1 fully saturated rings. The van der Waals surface area contributed by atoms with Crippen LogP contribution < -0.4 is 0 Å². The van der Waals surface area contributed by atoms with Crippen LogP contribution >= 0.6 is 11.3 Å². The fraction of sp³-hybridized carbons (Fsp3) is 0.421. The highest BCUT2D eigenvalue weighted by molar-refractivity contribution is 7.13. The largest absolute Gasteiger partial charge is 0.341 e. The minimum absolute atomic E-state index is 0.0438. The Balaban J connectivity index is 1.75. The van der Waals surface area contributed by atoms with Gasteiger partial charge in [0.15, 0.2) is 0 Å². The van der Waals surface area contributed by atoms with Gasteiger partial charge in [-0.15, -0.1) is 11.3 Å². The van der Waals surface area contributed by atoms with Crippen molar-refractivity contribution in [2.24, 2.45) is 0 Å². The number of hydrogen-bond donors (Lipinski definition) is 0. The highest BCUT2D eigenvalue weighted by atomic mass is 32.1. The molecule has 2 heterocycles. The van der Waals surface area contributed by atoms with E-state index >= 15 is 0 Å². The predicted molar refractivity (Wildman–Crippen MR) is 99.8 cm³/mol. The van der Waals surface area contributed by atoms with Crippen LogP contribution in [0.3, 0.4) is 0 Å². The Morgan fingerprint density at radius 1 is 1.08 bits per heavy atom. The molecule has 0 atom stereocenters. The van der Waals surface area contributed by atoms with Crippen LogP contribution in [0.4, 0.5) is 0 Å². The van der Waals surface area contributed by atoms with Crippen molar-refractivity contribution in [3.63, 3.8) is 0 Å². The number of aryl methyl sites for hydroxylation is 2. The first-order chi connectivity index (χ1) is 12.0. The van der Waals surface area contributed by atoms with Crippen molar-refractivity contribution >= 4 is 23.2 Å². The van der Waals surface area contributed by atoms with E-state index in [2.05, 4.69) is 37.0 Å². The van der Waals surface area contributed by atoms with E-state index in [-0.39, 0.29) is 11.8 Å². The Morgan fingerprint density at radius 2 is 1.80 bits per heavy atom. The number of aromatic nitrogens is 1. The Bertz CT molecular complexity index is 800. The van der Waals surface area contributed by atoms with Crippen molar-refractivity contribution in [1.82, 2.24) is 14.8 Å². The van der Waals surface area contributed by atoms with Crippen molar-refractivity contribution in [3.05, 3.63) is 40.4 Å². The quantitative estimate of drug-likeness (QED) is 0.830. The van der Waals surface area contributed by atoms with Gasteiger partial charge in [0.1, 0.15) is 10.7 Å². The highest BCUT2D eigenvalue weighted by Gasteiger charge is 2.23. The molecular formula is C19H23N3O2S. The molecule has 0 N–H and O–H groups in total. The first-order valence-electron chi connectivity index (χ1n) is 8.53. The second kappa shape index (κ2) is 7.35. The summed E-state index contributed by atoms with van der Waals surface area (Å²) in [4.78, 5) is 32.5. The number of rotatable bonds is 2. The van der Waals surface area contributed by atoms with Crippen LogP contribution in [0.15, 0.2) is 23.6 Å². The van der Waals surface area contributed by atoms with Gasteiger partial charge in [0.25, 0.3) is 5.91 Å². The Kier molecular flexibility index (Phi) is 5.18. The van der Waals surface area contributed by atoms with Crippen molar-refractivity contribution < 1.29 is 9.59 Å². The van der Waals surface area contributed by atoms with Gasteiger partial charge in [0, 0.05) is 44.0 Å². The molecule has 0 unspecified atom stereocenters. The Hall–Kier alpha value is -2.21. The number of nitrogens with zero attached hydrogens (tertiary/aromatic N) is 3. The zero-order valence-electron chi connectivity index (χ0n) is 14.9. The van der Waals surface area contributed by atoms with Crippen LogP contribution in [0.1, 0.15) is 35.0 Å². The molecule has 0 aliphatic carbocycles.